The van der Waals surface area contributed by atoms with Crippen LogP contribution in [-0.4, -0.2) is 64.3 Å². The highest BCUT2D eigenvalue weighted by Gasteiger charge is 2.48. The average molecular weight is 557 g/mol. The number of fused-ring (bicyclic) bond motifs is 1. The normalized spacial score (nSPS) is 25.1. The first kappa shape index (κ1) is 27.1. The van der Waals surface area contributed by atoms with Gasteiger partial charge in [0, 0.05) is 50.2 Å². The highest BCUT2D eigenvalue weighted by atomic mass is 16.2. The Kier molecular flexibility index (Phi) is 7.12. The minimum Gasteiger partial charge on any atom is -0.375 e. The number of carbonyl (C=O) groups excluding carboxylic acids is 1. The molecular formula is C34H48N6O. The van der Waals surface area contributed by atoms with Crippen molar-refractivity contribution in [1.82, 2.24) is 24.9 Å². The molecule has 0 bridgehead atoms. The number of amides is 1. The van der Waals surface area contributed by atoms with Gasteiger partial charge in [-0.3, -0.25) is 9.48 Å². The number of nitrogens with zero attached hydrogens (tertiary/aromatic N) is 5. The maximum Gasteiger partial charge on any atom is 0.227 e. The molecule has 7 heteroatoms. The van der Waals surface area contributed by atoms with Gasteiger partial charge in [-0.2, -0.15) is 5.10 Å². The monoisotopic (exact) mass is 556 g/mol. The van der Waals surface area contributed by atoms with Crippen molar-refractivity contribution in [2.24, 2.45) is 18.4 Å². The summed E-state index contributed by atoms with van der Waals surface area (Å²) in [6.45, 7) is 14.1. The van der Waals surface area contributed by atoms with Gasteiger partial charge in [-0.1, -0.05) is 38.5 Å². The zero-order valence-corrected chi connectivity index (χ0v) is 25.0. The second-order valence-corrected chi connectivity index (χ2v) is 13.8. The van der Waals surface area contributed by atoms with Crippen LogP contribution in [0.3, 0.4) is 0 Å². The zero-order valence-electron chi connectivity index (χ0n) is 25.0. The lowest BCUT2D eigenvalue weighted by atomic mass is 9.59. The van der Waals surface area contributed by atoms with E-state index in [-0.39, 0.29) is 5.91 Å². The second kappa shape index (κ2) is 10.8. The summed E-state index contributed by atoms with van der Waals surface area (Å²) < 4.78 is 1.98. The summed E-state index contributed by atoms with van der Waals surface area (Å²) in [7, 11) is 2.02. The molecule has 4 heterocycles. The maximum atomic E-state index is 11.8. The molecule has 5 fully saturated rings. The Balaban J connectivity index is 0.920. The maximum absolute atomic E-state index is 11.8. The molecule has 41 heavy (non-hydrogen) atoms. The second-order valence-electron chi connectivity index (χ2n) is 13.8. The van der Waals surface area contributed by atoms with Gasteiger partial charge in [0.2, 0.25) is 5.91 Å². The Morgan fingerprint density at radius 1 is 1.00 bits per heavy atom. The van der Waals surface area contributed by atoms with Gasteiger partial charge in [0.25, 0.3) is 0 Å². The van der Waals surface area contributed by atoms with Crippen molar-refractivity contribution in [3.8, 4) is 0 Å². The zero-order chi connectivity index (χ0) is 28.1. The van der Waals surface area contributed by atoms with E-state index in [0.717, 1.165) is 28.7 Å². The number of benzene rings is 1. The topological polar surface area (TPSA) is 56.6 Å². The van der Waals surface area contributed by atoms with Crippen molar-refractivity contribution in [1.29, 1.82) is 0 Å². The smallest absolute Gasteiger partial charge is 0.227 e. The van der Waals surface area contributed by atoms with E-state index < -0.39 is 0 Å². The first-order valence-electron chi connectivity index (χ1n) is 16.3. The number of hydrogen-bond donors (Lipinski definition) is 1. The standard InChI is InChI=1S/C34H48N6O/c1-24(26-7-5-4-6-8-26)38-19-14-34(15-20-38)22-29(23-34)39-16-11-27(12-17-39)28-9-10-30-31(21-28)37(3)36-33(30)40-18-13-32(41)35-25(40)2/h9-10,21,26-27,29H,1-2,4-8,11-20,22-23H2,3H3,(H,35,41). The number of carbonyl (C=O) groups is 1. The summed E-state index contributed by atoms with van der Waals surface area (Å²) in [6.07, 6.45) is 15.5. The number of rotatable bonds is 5. The number of anilines is 1. The number of hydrogen-bond acceptors (Lipinski definition) is 5. The molecule has 5 aliphatic rings. The van der Waals surface area contributed by atoms with Gasteiger partial charge in [-0.25, -0.2) is 0 Å². The molecule has 1 aromatic heterocycles. The Bertz CT molecular complexity index is 1310. The summed E-state index contributed by atoms with van der Waals surface area (Å²) >= 11 is 0. The molecule has 1 N–H and O–H groups in total. The van der Waals surface area contributed by atoms with Crippen LogP contribution in [0.2, 0.25) is 0 Å². The highest BCUT2D eigenvalue weighted by Crippen LogP contribution is 2.52. The van der Waals surface area contributed by atoms with Crippen molar-refractivity contribution in [2.75, 3.05) is 37.6 Å². The quantitative estimate of drug-likeness (QED) is 0.498. The third kappa shape index (κ3) is 5.09. The van der Waals surface area contributed by atoms with Gasteiger partial charge in [0.05, 0.1) is 5.52 Å². The van der Waals surface area contributed by atoms with E-state index in [9.17, 15) is 4.79 Å². The van der Waals surface area contributed by atoms with Crippen molar-refractivity contribution >= 4 is 22.6 Å². The van der Waals surface area contributed by atoms with Crippen LogP contribution in [0.4, 0.5) is 5.82 Å². The molecular weight excluding hydrogens is 508 g/mol. The van der Waals surface area contributed by atoms with E-state index in [4.69, 9.17) is 5.10 Å². The molecule has 2 aliphatic carbocycles. The van der Waals surface area contributed by atoms with Crippen LogP contribution in [0.15, 0.2) is 42.9 Å². The van der Waals surface area contributed by atoms with E-state index in [1.165, 1.54) is 108 Å². The Labute approximate surface area is 245 Å². The third-order valence-corrected chi connectivity index (χ3v) is 11.4. The number of allylic oxidation sites excluding steroid dienone is 1. The van der Waals surface area contributed by atoms with Gasteiger partial charge >= 0.3 is 0 Å². The van der Waals surface area contributed by atoms with E-state index in [1.54, 1.807) is 0 Å². The number of aromatic nitrogens is 2. The summed E-state index contributed by atoms with van der Waals surface area (Å²) in [5, 5.41) is 8.81. The Hall–Kier alpha value is -2.80. The van der Waals surface area contributed by atoms with Crippen molar-refractivity contribution in [3.05, 3.63) is 48.4 Å². The van der Waals surface area contributed by atoms with Crippen LogP contribution in [0.25, 0.3) is 10.9 Å². The molecule has 1 spiro atoms. The predicted octanol–water partition coefficient (Wildman–Crippen LogP) is 5.89. The molecule has 2 saturated carbocycles. The van der Waals surface area contributed by atoms with Gasteiger partial charge in [0.1, 0.15) is 5.82 Å². The number of nitrogens with one attached hydrogen (secondary N) is 1. The molecule has 1 amide bonds. The fraction of sp³-hybridized carbons (Fsp3) is 0.647. The molecule has 3 saturated heterocycles. The molecule has 220 valence electrons. The Morgan fingerprint density at radius 2 is 1.73 bits per heavy atom. The van der Waals surface area contributed by atoms with E-state index >= 15 is 0 Å². The van der Waals surface area contributed by atoms with Gasteiger partial charge in [0.15, 0.2) is 5.82 Å². The SMILES string of the molecule is C=C(C1CCCCC1)N1CCC2(CC1)CC(N1CCC(c3ccc4c(N5CCC(=O)NC5=C)nn(C)c4c3)CC1)C2. The molecule has 2 aromatic rings. The predicted molar refractivity (Wildman–Crippen MR) is 165 cm³/mol. The number of likely N-dealkylation sites (tertiary alicyclic amines) is 2. The number of aryl methyl sites for hydroxylation is 1. The van der Waals surface area contributed by atoms with E-state index in [0.29, 0.717) is 30.1 Å². The van der Waals surface area contributed by atoms with Crippen LogP contribution < -0.4 is 10.2 Å². The molecule has 0 radical (unpaired) electrons. The lowest BCUT2D eigenvalue weighted by Gasteiger charge is -2.57. The molecule has 0 atom stereocenters. The third-order valence-electron chi connectivity index (χ3n) is 11.4. The molecule has 1 aromatic carbocycles. The minimum atomic E-state index is 0.0266. The van der Waals surface area contributed by atoms with Gasteiger partial charge in [-0.05, 0) is 99.4 Å². The fourth-order valence-corrected chi connectivity index (χ4v) is 8.75. The lowest BCUT2D eigenvalue weighted by molar-refractivity contribution is -0.120. The molecule has 7 nitrogen and oxygen atoms in total. The van der Waals surface area contributed by atoms with Crippen LogP contribution in [0.1, 0.15) is 88.5 Å². The largest absolute Gasteiger partial charge is 0.375 e. The van der Waals surface area contributed by atoms with Gasteiger partial charge in [-0.15, -0.1) is 0 Å². The van der Waals surface area contributed by atoms with Crippen molar-refractivity contribution in [3.63, 3.8) is 0 Å². The molecule has 3 aliphatic heterocycles. The van der Waals surface area contributed by atoms with Crippen LogP contribution in [-0.2, 0) is 11.8 Å². The summed E-state index contributed by atoms with van der Waals surface area (Å²) in [6, 6.07) is 7.69. The molecule has 7 rings (SSSR count). The van der Waals surface area contributed by atoms with Crippen molar-refractivity contribution < 1.29 is 4.79 Å². The lowest BCUT2D eigenvalue weighted by Crippen LogP contribution is -2.56. The summed E-state index contributed by atoms with van der Waals surface area (Å²) in [4.78, 5) is 19.3. The fourth-order valence-electron chi connectivity index (χ4n) is 8.75. The van der Waals surface area contributed by atoms with Crippen LogP contribution >= 0.6 is 0 Å². The van der Waals surface area contributed by atoms with Crippen LogP contribution in [0, 0.1) is 11.3 Å². The molecule has 0 unspecified atom stereocenters. The summed E-state index contributed by atoms with van der Waals surface area (Å²) in [5.74, 6) is 2.90. The Morgan fingerprint density at radius 3 is 2.44 bits per heavy atom. The van der Waals surface area contributed by atoms with Crippen LogP contribution in [0.5, 0.6) is 0 Å². The van der Waals surface area contributed by atoms with Gasteiger partial charge < -0.3 is 20.0 Å². The summed E-state index contributed by atoms with van der Waals surface area (Å²) in [5.41, 5.74) is 4.66. The van der Waals surface area contributed by atoms with E-state index in [2.05, 4.69) is 46.5 Å². The number of piperidine rings is 2. The van der Waals surface area contributed by atoms with Crippen molar-refractivity contribution in [2.45, 2.75) is 89.0 Å². The first-order valence-corrected chi connectivity index (χ1v) is 16.3. The first-order chi connectivity index (χ1) is 19.9. The average Bonchev–Trinajstić information content (AvgIpc) is 3.31. The van der Waals surface area contributed by atoms with E-state index in [1.807, 2.05) is 16.6 Å². The minimum absolute atomic E-state index is 0.0266. The highest BCUT2D eigenvalue weighted by molar-refractivity contribution is 5.93.